The lowest BCUT2D eigenvalue weighted by atomic mass is 9.89. The molecule has 1 aliphatic heterocycles. The number of nitrogens with one attached hydrogen (secondary N) is 1. The van der Waals surface area contributed by atoms with Gasteiger partial charge < -0.3 is 15.0 Å². The van der Waals surface area contributed by atoms with E-state index in [1.165, 1.54) is 5.56 Å². The van der Waals surface area contributed by atoms with E-state index in [4.69, 9.17) is 4.74 Å². The van der Waals surface area contributed by atoms with Gasteiger partial charge >= 0.3 is 6.09 Å². The van der Waals surface area contributed by atoms with Crippen molar-refractivity contribution in [1.29, 1.82) is 0 Å². The average Bonchev–Trinajstić information content (AvgIpc) is 2.54. The molecule has 1 amide bonds. The van der Waals surface area contributed by atoms with E-state index in [2.05, 4.69) is 43.4 Å². The van der Waals surface area contributed by atoms with Crippen LogP contribution in [-0.2, 0) is 4.74 Å². The van der Waals surface area contributed by atoms with E-state index in [0.29, 0.717) is 18.0 Å². The Bertz CT molecular complexity index is 524. The maximum absolute atomic E-state index is 12.3. The molecule has 1 aromatic carbocycles. The van der Waals surface area contributed by atoms with E-state index in [-0.39, 0.29) is 6.09 Å². The zero-order valence-electron chi connectivity index (χ0n) is 15.7. The van der Waals surface area contributed by atoms with Crippen molar-refractivity contribution in [3.8, 4) is 0 Å². The SMILES string of the molecule is CCC1CN(C(=O)OC(C)(C)C)CCC1N[C@H](C)c1ccccc1. The molecule has 0 radical (unpaired) electrons. The van der Waals surface area contributed by atoms with Crippen molar-refractivity contribution in [1.82, 2.24) is 10.2 Å². The molecule has 2 unspecified atom stereocenters. The van der Waals surface area contributed by atoms with Crippen LogP contribution in [0.3, 0.4) is 0 Å². The molecule has 1 saturated heterocycles. The van der Waals surface area contributed by atoms with E-state index in [1.54, 1.807) is 0 Å². The van der Waals surface area contributed by atoms with Crippen LogP contribution in [-0.4, -0.2) is 35.7 Å². The van der Waals surface area contributed by atoms with Gasteiger partial charge in [-0.1, -0.05) is 43.7 Å². The number of hydrogen-bond donors (Lipinski definition) is 1. The van der Waals surface area contributed by atoms with Crippen LogP contribution in [0.15, 0.2) is 30.3 Å². The number of likely N-dealkylation sites (tertiary alicyclic amines) is 1. The van der Waals surface area contributed by atoms with Crippen molar-refractivity contribution in [3.63, 3.8) is 0 Å². The highest BCUT2D eigenvalue weighted by molar-refractivity contribution is 5.68. The minimum Gasteiger partial charge on any atom is -0.444 e. The molecule has 0 bridgehead atoms. The Morgan fingerprint density at radius 1 is 1.33 bits per heavy atom. The van der Waals surface area contributed by atoms with E-state index in [0.717, 1.165) is 25.9 Å². The molecule has 24 heavy (non-hydrogen) atoms. The van der Waals surface area contributed by atoms with Crippen molar-refractivity contribution < 1.29 is 9.53 Å². The minimum atomic E-state index is -0.435. The molecule has 4 heteroatoms. The number of piperidine rings is 1. The van der Waals surface area contributed by atoms with Crippen LogP contribution >= 0.6 is 0 Å². The van der Waals surface area contributed by atoms with Gasteiger partial charge in [0, 0.05) is 25.2 Å². The number of nitrogens with zero attached hydrogens (tertiary/aromatic N) is 1. The molecule has 0 aromatic heterocycles. The smallest absolute Gasteiger partial charge is 0.410 e. The third kappa shape index (κ3) is 5.23. The van der Waals surface area contributed by atoms with Crippen molar-refractivity contribution in [2.45, 2.75) is 65.1 Å². The first-order valence-corrected chi connectivity index (χ1v) is 9.09. The Kier molecular flexibility index (Phi) is 6.27. The summed E-state index contributed by atoms with van der Waals surface area (Å²) in [6.45, 7) is 11.7. The predicted molar refractivity (Wildman–Crippen MR) is 98.0 cm³/mol. The van der Waals surface area contributed by atoms with E-state index >= 15 is 0 Å². The summed E-state index contributed by atoms with van der Waals surface area (Å²) in [5, 5.41) is 3.77. The standard InChI is InChI=1S/C20H32N2O2/c1-6-16-14-22(19(23)24-20(3,4)5)13-12-18(16)21-15(2)17-10-8-7-9-11-17/h7-11,15-16,18,21H,6,12-14H2,1-5H3/t15-,16?,18?/m1/s1. The number of amides is 1. The molecule has 1 aliphatic rings. The van der Waals surface area contributed by atoms with E-state index in [1.807, 2.05) is 31.7 Å². The number of ether oxygens (including phenoxy) is 1. The number of carbonyl (C=O) groups excluding carboxylic acids is 1. The molecule has 1 heterocycles. The van der Waals surface area contributed by atoms with Crippen molar-refractivity contribution >= 4 is 6.09 Å². The molecular weight excluding hydrogens is 300 g/mol. The molecular formula is C20H32N2O2. The topological polar surface area (TPSA) is 41.6 Å². The lowest BCUT2D eigenvalue weighted by Crippen LogP contribution is -2.52. The van der Waals surface area contributed by atoms with Crippen LogP contribution in [0.4, 0.5) is 4.79 Å². The summed E-state index contributed by atoms with van der Waals surface area (Å²) in [7, 11) is 0. The maximum Gasteiger partial charge on any atom is 0.410 e. The van der Waals surface area contributed by atoms with Gasteiger partial charge in [0.2, 0.25) is 0 Å². The zero-order valence-corrected chi connectivity index (χ0v) is 15.7. The first kappa shape index (κ1) is 18.8. The van der Waals surface area contributed by atoms with Gasteiger partial charge in [-0.25, -0.2) is 4.79 Å². The Morgan fingerprint density at radius 2 is 2.00 bits per heavy atom. The summed E-state index contributed by atoms with van der Waals surface area (Å²) in [6, 6.07) is 11.3. The zero-order chi connectivity index (χ0) is 17.7. The molecule has 0 aliphatic carbocycles. The Labute approximate surface area is 146 Å². The largest absolute Gasteiger partial charge is 0.444 e. The number of benzene rings is 1. The fourth-order valence-electron chi connectivity index (χ4n) is 3.32. The van der Waals surface area contributed by atoms with Crippen LogP contribution in [0.1, 0.15) is 59.1 Å². The van der Waals surface area contributed by atoms with Gasteiger partial charge in [-0.05, 0) is 45.6 Å². The average molecular weight is 332 g/mol. The molecule has 1 N–H and O–H groups in total. The van der Waals surface area contributed by atoms with Crippen LogP contribution in [0.5, 0.6) is 0 Å². The first-order valence-electron chi connectivity index (χ1n) is 9.09. The van der Waals surface area contributed by atoms with Gasteiger partial charge in [-0.3, -0.25) is 0 Å². The van der Waals surface area contributed by atoms with Crippen LogP contribution in [0, 0.1) is 5.92 Å². The molecule has 134 valence electrons. The maximum atomic E-state index is 12.3. The normalized spacial score (nSPS) is 23.0. The van der Waals surface area contributed by atoms with Gasteiger partial charge in [0.05, 0.1) is 0 Å². The van der Waals surface area contributed by atoms with Gasteiger partial charge in [0.1, 0.15) is 5.60 Å². The fraction of sp³-hybridized carbons (Fsp3) is 0.650. The highest BCUT2D eigenvalue weighted by Crippen LogP contribution is 2.25. The lowest BCUT2D eigenvalue weighted by Gasteiger charge is -2.40. The number of hydrogen-bond acceptors (Lipinski definition) is 3. The summed E-state index contributed by atoms with van der Waals surface area (Å²) in [5.74, 6) is 0.456. The van der Waals surface area contributed by atoms with Crippen LogP contribution in [0.2, 0.25) is 0 Å². The third-order valence-corrected chi connectivity index (χ3v) is 4.67. The monoisotopic (exact) mass is 332 g/mol. The molecule has 1 aromatic rings. The van der Waals surface area contributed by atoms with E-state index in [9.17, 15) is 4.79 Å². The van der Waals surface area contributed by atoms with Crippen molar-refractivity contribution in [2.75, 3.05) is 13.1 Å². The van der Waals surface area contributed by atoms with Gasteiger partial charge in [0.15, 0.2) is 0 Å². The summed E-state index contributed by atoms with van der Waals surface area (Å²) < 4.78 is 5.52. The molecule has 1 fully saturated rings. The molecule has 4 nitrogen and oxygen atoms in total. The second-order valence-corrected chi connectivity index (χ2v) is 7.79. The number of carbonyl (C=O) groups is 1. The summed E-state index contributed by atoms with van der Waals surface area (Å²) in [5.41, 5.74) is 0.873. The van der Waals surface area contributed by atoms with Gasteiger partial charge in [-0.15, -0.1) is 0 Å². The quantitative estimate of drug-likeness (QED) is 0.890. The Morgan fingerprint density at radius 3 is 2.58 bits per heavy atom. The fourth-order valence-corrected chi connectivity index (χ4v) is 3.32. The van der Waals surface area contributed by atoms with Gasteiger partial charge in [-0.2, -0.15) is 0 Å². The summed E-state index contributed by atoms with van der Waals surface area (Å²) >= 11 is 0. The van der Waals surface area contributed by atoms with Gasteiger partial charge in [0.25, 0.3) is 0 Å². The first-order chi connectivity index (χ1) is 11.3. The second kappa shape index (κ2) is 8.02. The van der Waals surface area contributed by atoms with Crippen molar-refractivity contribution in [2.24, 2.45) is 5.92 Å². The highest BCUT2D eigenvalue weighted by Gasteiger charge is 2.33. The number of rotatable bonds is 4. The lowest BCUT2D eigenvalue weighted by molar-refractivity contribution is 0.0125. The molecule has 3 atom stereocenters. The Hall–Kier alpha value is -1.55. The molecule has 2 rings (SSSR count). The Balaban J connectivity index is 1.94. The second-order valence-electron chi connectivity index (χ2n) is 7.79. The third-order valence-electron chi connectivity index (χ3n) is 4.67. The highest BCUT2D eigenvalue weighted by atomic mass is 16.6. The predicted octanol–water partition coefficient (Wildman–Crippen LogP) is 4.37. The summed E-state index contributed by atoms with van der Waals surface area (Å²) in [4.78, 5) is 14.2. The summed E-state index contributed by atoms with van der Waals surface area (Å²) in [6.07, 6.45) is 1.84. The van der Waals surface area contributed by atoms with E-state index < -0.39 is 5.60 Å². The van der Waals surface area contributed by atoms with Crippen molar-refractivity contribution in [3.05, 3.63) is 35.9 Å². The molecule has 0 spiro atoms. The molecule has 0 saturated carbocycles. The van der Waals surface area contributed by atoms with Crippen LogP contribution in [0.25, 0.3) is 0 Å². The van der Waals surface area contributed by atoms with Crippen LogP contribution < -0.4 is 5.32 Å². The minimum absolute atomic E-state index is 0.185.